The summed E-state index contributed by atoms with van der Waals surface area (Å²) >= 11 is 0. The summed E-state index contributed by atoms with van der Waals surface area (Å²) in [5, 5.41) is 0.494. The number of aromatic nitrogens is 2. The van der Waals surface area contributed by atoms with Crippen molar-refractivity contribution in [2.45, 2.75) is 37.5 Å². The summed E-state index contributed by atoms with van der Waals surface area (Å²) in [4.78, 5) is 19.0. The first-order chi connectivity index (χ1) is 13.4. The summed E-state index contributed by atoms with van der Waals surface area (Å²) in [5.74, 6) is -2.61. The second-order valence-electron chi connectivity index (χ2n) is 6.82. The molecule has 7 heteroatoms. The first-order valence-electron chi connectivity index (χ1n) is 9.02. The van der Waals surface area contributed by atoms with Gasteiger partial charge in [-0.1, -0.05) is 6.07 Å². The molecule has 0 amide bonds. The molecule has 2 aromatic heterocycles. The molecule has 1 atom stereocenters. The zero-order chi connectivity index (χ0) is 20.1. The van der Waals surface area contributed by atoms with Crippen LogP contribution in [0.3, 0.4) is 0 Å². The Morgan fingerprint density at radius 3 is 2.75 bits per heavy atom. The van der Waals surface area contributed by atoms with Gasteiger partial charge in [-0.2, -0.15) is 0 Å². The van der Waals surface area contributed by atoms with Crippen LogP contribution in [0.5, 0.6) is 5.75 Å². The molecule has 1 aromatic carbocycles. The van der Waals surface area contributed by atoms with Crippen molar-refractivity contribution in [1.82, 2.24) is 9.97 Å². The number of pyridine rings is 2. The van der Waals surface area contributed by atoms with Gasteiger partial charge in [-0.3, -0.25) is 9.78 Å². The van der Waals surface area contributed by atoms with Crippen LogP contribution in [0.2, 0.25) is 0 Å². The first kappa shape index (κ1) is 19.9. The van der Waals surface area contributed by atoms with Crippen molar-refractivity contribution in [3.63, 3.8) is 0 Å². The molecule has 3 aromatic rings. The molecule has 0 bridgehead atoms. The van der Waals surface area contributed by atoms with Crippen molar-refractivity contribution >= 4 is 10.9 Å². The third-order valence-electron chi connectivity index (χ3n) is 4.76. The van der Waals surface area contributed by atoms with Crippen LogP contribution in [0.4, 0.5) is 13.2 Å². The lowest BCUT2D eigenvalue weighted by Crippen LogP contribution is -2.26. The average Bonchev–Trinajstić information content (AvgIpc) is 2.67. The minimum atomic E-state index is -2.62. The number of rotatable bonds is 2. The number of nitrogens with one attached hydrogen (secondary N) is 1. The third kappa shape index (κ3) is 4.91. The van der Waals surface area contributed by atoms with Crippen LogP contribution >= 0.6 is 0 Å². The molecule has 1 aliphatic rings. The molecule has 0 radical (unpaired) electrons. The largest absolute Gasteiger partial charge is 0.497 e. The van der Waals surface area contributed by atoms with Gasteiger partial charge in [0.25, 0.3) is 0 Å². The third-order valence-corrected chi connectivity index (χ3v) is 4.76. The van der Waals surface area contributed by atoms with Gasteiger partial charge >= 0.3 is 0 Å². The van der Waals surface area contributed by atoms with Crippen LogP contribution in [0.25, 0.3) is 10.9 Å². The quantitative estimate of drug-likeness (QED) is 0.666. The minimum absolute atomic E-state index is 0.0504. The van der Waals surface area contributed by atoms with Crippen LogP contribution in [-0.2, 0) is 0 Å². The monoisotopic (exact) mass is 390 g/mol. The number of aromatic amines is 1. The van der Waals surface area contributed by atoms with E-state index in [1.807, 2.05) is 0 Å². The van der Waals surface area contributed by atoms with Crippen LogP contribution < -0.4 is 10.2 Å². The lowest BCUT2D eigenvalue weighted by molar-refractivity contribution is -0.0412. The van der Waals surface area contributed by atoms with Crippen molar-refractivity contribution in [3.8, 4) is 5.75 Å². The van der Waals surface area contributed by atoms with E-state index >= 15 is 0 Å². The highest BCUT2D eigenvalue weighted by molar-refractivity contribution is 5.77. The number of methoxy groups -OCH3 is 1. The second kappa shape index (κ2) is 8.46. The number of halogens is 3. The maximum atomic E-state index is 13.5. The molecule has 0 spiro atoms. The van der Waals surface area contributed by atoms with E-state index < -0.39 is 5.92 Å². The van der Waals surface area contributed by atoms with E-state index in [1.54, 1.807) is 24.4 Å². The predicted octanol–water partition coefficient (Wildman–Crippen LogP) is 5.05. The molecule has 1 aliphatic carbocycles. The van der Waals surface area contributed by atoms with Crippen LogP contribution in [0, 0.1) is 5.82 Å². The Morgan fingerprint density at radius 1 is 1.25 bits per heavy atom. The topological polar surface area (TPSA) is 55.0 Å². The Bertz CT molecular complexity index is 1000. The molecule has 28 heavy (non-hydrogen) atoms. The van der Waals surface area contributed by atoms with Crippen molar-refractivity contribution in [2.75, 3.05) is 7.11 Å². The summed E-state index contributed by atoms with van der Waals surface area (Å²) in [6.45, 7) is 0. The molecule has 148 valence electrons. The van der Waals surface area contributed by atoms with Gasteiger partial charge in [0, 0.05) is 49.0 Å². The normalized spacial score (nSPS) is 18.2. The molecular formula is C21H21F3N2O2. The van der Waals surface area contributed by atoms with Gasteiger partial charge in [-0.25, -0.2) is 13.2 Å². The van der Waals surface area contributed by atoms with E-state index in [2.05, 4.69) is 9.97 Å². The second-order valence-corrected chi connectivity index (χ2v) is 6.82. The van der Waals surface area contributed by atoms with Crippen molar-refractivity contribution in [1.29, 1.82) is 0 Å². The number of hydrogen-bond acceptors (Lipinski definition) is 3. The molecule has 1 saturated carbocycles. The Labute approximate surface area is 160 Å². The molecule has 1 fully saturated rings. The van der Waals surface area contributed by atoms with Crippen LogP contribution in [0.15, 0.2) is 53.6 Å². The van der Waals surface area contributed by atoms with E-state index in [0.717, 1.165) is 0 Å². The predicted molar refractivity (Wildman–Crippen MR) is 101 cm³/mol. The van der Waals surface area contributed by atoms with Crippen molar-refractivity contribution < 1.29 is 17.9 Å². The highest BCUT2D eigenvalue weighted by Gasteiger charge is 2.37. The number of alkyl halides is 2. The van der Waals surface area contributed by atoms with Gasteiger partial charge in [0.1, 0.15) is 11.6 Å². The summed E-state index contributed by atoms with van der Waals surface area (Å²) in [7, 11) is 1.51. The molecular weight excluding hydrogens is 369 g/mol. The maximum Gasteiger partial charge on any atom is 0.248 e. The van der Waals surface area contributed by atoms with Crippen LogP contribution in [-0.4, -0.2) is 23.0 Å². The number of hydrogen-bond donors (Lipinski definition) is 1. The summed E-state index contributed by atoms with van der Waals surface area (Å²) in [6, 6.07) is 9.15. The fraction of sp³-hybridized carbons (Fsp3) is 0.333. The number of H-pyrrole nitrogens is 1. The minimum Gasteiger partial charge on any atom is -0.497 e. The van der Waals surface area contributed by atoms with Gasteiger partial charge in [0.15, 0.2) is 5.43 Å². The van der Waals surface area contributed by atoms with Crippen molar-refractivity contribution in [3.05, 3.63) is 70.5 Å². The first-order valence-corrected chi connectivity index (χ1v) is 9.02. The summed E-state index contributed by atoms with van der Waals surface area (Å²) in [6.07, 6.45) is 4.03. The van der Waals surface area contributed by atoms with E-state index in [9.17, 15) is 18.0 Å². The average molecular weight is 390 g/mol. The maximum absolute atomic E-state index is 13.5. The SMILES string of the molecule is COc1cccc(F)c1.O=c1cc([C@H]2CCCC(F)(F)C2)[nH]c2ccncc12. The van der Waals surface area contributed by atoms with Gasteiger partial charge < -0.3 is 9.72 Å². The van der Waals surface area contributed by atoms with E-state index in [1.165, 1.54) is 31.5 Å². The number of ether oxygens (including phenoxy) is 1. The summed E-state index contributed by atoms with van der Waals surface area (Å²) < 4.78 is 43.9. The van der Waals surface area contributed by atoms with Gasteiger partial charge in [0.2, 0.25) is 5.92 Å². The smallest absolute Gasteiger partial charge is 0.248 e. The fourth-order valence-electron chi connectivity index (χ4n) is 3.36. The number of nitrogens with zero attached hydrogens (tertiary/aromatic N) is 1. The molecule has 0 saturated heterocycles. The van der Waals surface area contributed by atoms with Gasteiger partial charge in [-0.15, -0.1) is 0 Å². The zero-order valence-electron chi connectivity index (χ0n) is 15.4. The summed E-state index contributed by atoms with van der Waals surface area (Å²) in [5.41, 5.74) is 1.11. The van der Waals surface area contributed by atoms with Crippen molar-refractivity contribution in [2.24, 2.45) is 0 Å². The fourth-order valence-corrected chi connectivity index (χ4v) is 3.36. The Balaban J connectivity index is 0.000000211. The van der Waals surface area contributed by atoms with E-state index in [-0.39, 0.29) is 30.0 Å². The number of fused-ring (bicyclic) bond motifs is 1. The highest BCUT2D eigenvalue weighted by Crippen LogP contribution is 2.41. The van der Waals surface area contributed by atoms with Crippen LogP contribution in [0.1, 0.15) is 37.3 Å². The van der Waals surface area contributed by atoms with Gasteiger partial charge in [-0.05, 0) is 31.0 Å². The lowest BCUT2D eigenvalue weighted by atomic mass is 9.84. The highest BCUT2D eigenvalue weighted by atomic mass is 19.3. The Hall–Kier alpha value is -2.83. The standard InChI is InChI=1S/C14H14F2N2O.C7H7FO/c15-14(16)4-1-2-9(7-14)12-6-13(19)10-8-17-5-3-11(10)18-12;1-9-7-4-2-3-6(8)5-7/h3,5-6,8-9H,1-2,4,7H2,(H,18,19);2-5H,1H3/t9-;/m0./s1. The zero-order valence-corrected chi connectivity index (χ0v) is 15.4. The number of benzene rings is 1. The molecule has 0 unspecified atom stereocenters. The molecule has 1 N–H and O–H groups in total. The van der Waals surface area contributed by atoms with Gasteiger partial charge in [0.05, 0.1) is 18.0 Å². The molecule has 0 aliphatic heterocycles. The van der Waals surface area contributed by atoms with E-state index in [0.29, 0.717) is 35.2 Å². The molecule has 4 rings (SSSR count). The lowest BCUT2D eigenvalue weighted by Gasteiger charge is -2.28. The molecule has 2 heterocycles. The Kier molecular flexibility index (Phi) is 6.02. The van der Waals surface area contributed by atoms with E-state index in [4.69, 9.17) is 4.74 Å². The molecule has 4 nitrogen and oxygen atoms in total. The Morgan fingerprint density at radius 2 is 2.07 bits per heavy atom.